The van der Waals surface area contributed by atoms with E-state index >= 15 is 0 Å². The summed E-state index contributed by atoms with van der Waals surface area (Å²) >= 11 is 0. The van der Waals surface area contributed by atoms with Gasteiger partial charge in [-0.1, -0.05) is 0 Å². The molecule has 12 heavy (non-hydrogen) atoms. The number of fused-ring (bicyclic) bond motifs is 1. The Balaban J connectivity index is 1.72. The lowest BCUT2D eigenvalue weighted by molar-refractivity contribution is -0.130. The van der Waals surface area contributed by atoms with Crippen LogP contribution < -0.4 is 0 Å². The molecular formula is C9H15NO2. The van der Waals surface area contributed by atoms with E-state index in [-0.39, 0.29) is 0 Å². The Morgan fingerprint density at radius 1 is 1.67 bits per heavy atom. The van der Waals surface area contributed by atoms with Gasteiger partial charge in [0.25, 0.3) is 0 Å². The van der Waals surface area contributed by atoms with E-state index < -0.39 is 0 Å². The van der Waals surface area contributed by atoms with Gasteiger partial charge in [0, 0.05) is 32.7 Å². The van der Waals surface area contributed by atoms with E-state index in [9.17, 15) is 4.79 Å². The van der Waals surface area contributed by atoms with E-state index in [4.69, 9.17) is 4.74 Å². The van der Waals surface area contributed by atoms with Gasteiger partial charge in [-0.3, -0.25) is 4.79 Å². The van der Waals surface area contributed by atoms with Gasteiger partial charge in [-0.15, -0.1) is 0 Å². The molecule has 68 valence electrons. The molecule has 1 aliphatic carbocycles. The summed E-state index contributed by atoms with van der Waals surface area (Å²) in [7, 11) is 1.70. The van der Waals surface area contributed by atoms with Gasteiger partial charge in [0.05, 0.1) is 0 Å². The molecule has 1 aliphatic heterocycles. The van der Waals surface area contributed by atoms with E-state index in [1.807, 2.05) is 4.90 Å². The predicted octanol–water partition coefficient (Wildman–Crippen LogP) is 0.501. The number of amides is 1. The molecule has 1 saturated heterocycles. The van der Waals surface area contributed by atoms with Gasteiger partial charge in [0.1, 0.15) is 0 Å². The number of hydrogen-bond donors (Lipinski definition) is 0. The molecule has 1 saturated carbocycles. The van der Waals surface area contributed by atoms with Crippen LogP contribution in [-0.4, -0.2) is 37.6 Å². The van der Waals surface area contributed by atoms with Crippen LogP contribution in [0.3, 0.4) is 0 Å². The summed E-state index contributed by atoms with van der Waals surface area (Å²) in [5.41, 5.74) is 0. The van der Waals surface area contributed by atoms with Crippen LogP contribution in [0.1, 0.15) is 12.8 Å². The van der Waals surface area contributed by atoms with Gasteiger partial charge in [-0.2, -0.15) is 0 Å². The van der Waals surface area contributed by atoms with Gasteiger partial charge in [0.15, 0.2) is 0 Å². The van der Waals surface area contributed by atoms with E-state index in [1.165, 1.54) is 0 Å². The Labute approximate surface area is 72.7 Å². The third-order valence-corrected chi connectivity index (χ3v) is 2.78. The first-order valence-corrected chi connectivity index (χ1v) is 4.60. The van der Waals surface area contributed by atoms with Crippen LogP contribution in [-0.2, 0) is 9.53 Å². The lowest BCUT2D eigenvalue weighted by atomic mass is 10.3. The van der Waals surface area contributed by atoms with Crippen molar-refractivity contribution in [1.29, 1.82) is 0 Å². The molecule has 0 aromatic carbocycles. The van der Waals surface area contributed by atoms with Gasteiger partial charge in [0.2, 0.25) is 5.91 Å². The average Bonchev–Trinajstić information content (AvgIpc) is 2.76. The minimum atomic E-state index is 0.385. The molecule has 0 radical (unpaired) electrons. The van der Waals surface area contributed by atoms with E-state index in [2.05, 4.69) is 0 Å². The second-order valence-corrected chi connectivity index (χ2v) is 3.73. The number of rotatable bonds is 4. The van der Waals surface area contributed by atoms with Crippen molar-refractivity contribution in [2.75, 3.05) is 26.8 Å². The molecule has 0 spiro atoms. The van der Waals surface area contributed by atoms with Crippen LogP contribution in [0, 0.1) is 11.8 Å². The lowest BCUT2D eigenvalue weighted by Gasteiger charge is -2.17. The van der Waals surface area contributed by atoms with Crippen LogP contribution >= 0.6 is 0 Å². The quantitative estimate of drug-likeness (QED) is 0.574. The van der Waals surface area contributed by atoms with Gasteiger partial charge >= 0.3 is 0 Å². The minimum absolute atomic E-state index is 0.385. The molecule has 2 aliphatic rings. The second kappa shape index (κ2) is 3.05. The van der Waals surface area contributed by atoms with Crippen LogP contribution in [0.15, 0.2) is 0 Å². The standard InChI is InChI=1S/C9H15NO2/c1-12-4-2-3-10-6-7-5-8(7)9(10)11/h7-8H,2-6H2,1H3. The SMILES string of the molecule is COCCCN1CC2CC2C1=O. The maximum absolute atomic E-state index is 11.4. The minimum Gasteiger partial charge on any atom is -0.385 e. The highest BCUT2D eigenvalue weighted by molar-refractivity contribution is 5.84. The molecule has 3 heteroatoms. The first-order chi connectivity index (χ1) is 5.83. The van der Waals surface area contributed by atoms with Crippen LogP contribution in [0.25, 0.3) is 0 Å². The van der Waals surface area contributed by atoms with Crippen LogP contribution in [0.5, 0.6) is 0 Å². The highest BCUT2D eigenvalue weighted by Gasteiger charge is 2.51. The van der Waals surface area contributed by atoms with Crippen molar-refractivity contribution in [1.82, 2.24) is 4.90 Å². The maximum Gasteiger partial charge on any atom is 0.226 e. The second-order valence-electron chi connectivity index (χ2n) is 3.73. The first-order valence-electron chi connectivity index (χ1n) is 4.60. The molecular weight excluding hydrogens is 154 g/mol. The van der Waals surface area contributed by atoms with Gasteiger partial charge < -0.3 is 9.64 Å². The lowest BCUT2D eigenvalue weighted by Crippen LogP contribution is -2.29. The molecule has 1 heterocycles. The zero-order chi connectivity index (χ0) is 8.55. The van der Waals surface area contributed by atoms with Crippen molar-refractivity contribution in [3.63, 3.8) is 0 Å². The summed E-state index contributed by atoms with van der Waals surface area (Å²) in [6, 6.07) is 0. The number of carbonyl (C=O) groups is 1. The fourth-order valence-corrected chi connectivity index (χ4v) is 1.96. The summed E-state index contributed by atoms with van der Waals surface area (Å²) in [4.78, 5) is 13.4. The van der Waals surface area contributed by atoms with Crippen molar-refractivity contribution >= 4 is 5.91 Å². The number of nitrogens with zero attached hydrogens (tertiary/aromatic N) is 1. The average molecular weight is 169 g/mol. The molecule has 0 N–H and O–H groups in total. The smallest absolute Gasteiger partial charge is 0.226 e. The third-order valence-electron chi connectivity index (χ3n) is 2.78. The summed E-state index contributed by atoms with van der Waals surface area (Å²) in [6.45, 7) is 2.66. The monoisotopic (exact) mass is 169 g/mol. The summed E-state index contributed by atoms with van der Waals surface area (Å²) in [6.07, 6.45) is 2.13. The summed E-state index contributed by atoms with van der Waals surface area (Å²) < 4.78 is 4.94. The van der Waals surface area contributed by atoms with E-state index in [0.29, 0.717) is 17.7 Å². The van der Waals surface area contributed by atoms with Crippen molar-refractivity contribution in [2.45, 2.75) is 12.8 Å². The van der Waals surface area contributed by atoms with Crippen LogP contribution in [0.2, 0.25) is 0 Å². The fraction of sp³-hybridized carbons (Fsp3) is 0.889. The molecule has 2 unspecified atom stereocenters. The molecule has 2 rings (SSSR count). The normalized spacial score (nSPS) is 32.4. The number of likely N-dealkylation sites (tertiary alicyclic amines) is 1. The Morgan fingerprint density at radius 3 is 3.08 bits per heavy atom. The van der Waals surface area contributed by atoms with Gasteiger partial charge in [-0.25, -0.2) is 0 Å². The number of carbonyl (C=O) groups excluding carboxylic acids is 1. The fourth-order valence-electron chi connectivity index (χ4n) is 1.96. The van der Waals surface area contributed by atoms with Crippen molar-refractivity contribution in [2.24, 2.45) is 11.8 Å². The predicted molar refractivity (Wildman–Crippen MR) is 44.7 cm³/mol. The first kappa shape index (κ1) is 8.05. The molecule has 0 bridgehead atoms. The number of hydrogen-bond acceptors (Lipinski definition) is 2. The zero-order valence-electron chi connectivity index (χ0n) is 7.45. The molecule has 2 fully saturated rings. The van der Waals surface area contributed by atoms with Crippen LogP contribution in [0.4, 0.5) is 0 Å². The highest BCUT2D eigenvalue weighted by Crippen LogP contribution is 2.45. The van der Waals surface area contributed by atoms with Crippen molar-refractivity contribution in [3.05, 3.63) is 0 Å². The van der Waals surface area contributed by atoms with Crippen molar-refractivity contribution < 1.29 is 9.53 Å². The number of piperidine rings is 1. The zero-order valence-corrected chi connectivity index (χ0v) is 7.45. The Bertz CT molecular complexity index is 193. The number of methoxy groups -OCH3 is 1. The topological polar surface area (TPSA) is 29.5 Å². The van der Waals surface area contributed by atoms with E-state index in [0.717, 1.165) is 32.5 Å². The molecule has 2 atom stereocenters. The van der Waals surface area contributed by atoms with Gasteiger partial charge in [-0.05, 0) is 18.8 Å². The molecule has 0 aromatic heterocycles. The Hall–Kier alpha value is -0.570. The Morgan fingerprint density at radius 2 is 2.50 bits per heavy atom. The third kappa shape index (κ3) is 1.33. The van der Waals surface area contributed by atoms with Crippen molar-refractivity contribution in [3.8, 4) is 0 Å². The number of ether oxygens (including phenoxy) is 1. The largest absolute Gasteiger partial charge is 0.385 e. The summed E-state index contributed by atoms with van der Waals surface area (Å²) in [5.74, 6) is 1.50. The molecule has 1 amide bonds. The molecule has 0 aromatic rings. The molecule has 3 nitrogen and oxygen atoms in total. The van der Waals surface area contributed by atoms with E-state index in [1.54, 1.807) is 7.11 Å². The Kier molecular flexibility index (Phi) is 2.05. The highest BCUT2D eigenvalue weighted by atomic mass is 16.5. The summed E-state index contributed by atoms with van der Waals surface area (Å²) in [5, 5.41) is 0. The maximum atomic E-state index is 11.4.